The van der Waals surface area contributed by atoms with Crippen molar-refractivity contribution in [2.45, 2.75) is 38.5 Å². The minimum absolute atomic E-state index is 0. The largest absolute Gasteiger partial charge is 0.370 e. The van der Waals surface area contributed by atoms with Crippen molar-refractivity contribution in [3.8, 4) is 0 Å². The van der Waals surface area contributed by atoms with Crippen LogP contribution in [-0.4, -0.2) is 38.0 Å². The molecule has 2 saturated heterocycles. The van der Waals surface area contributed by atoms with Crippen LogP contribution in [0.1, 0.15) is 48.9 Å². The van der Waals surface area contributed by atoms with Crippen molar-refractivity contribution in [1.82, 2.24) is 5.32 Å². The summed E-state index contributed by atoms with van der Waals surface area (Å²) in [6.45, 7) is 3.97. The highest BCUT2D eigenvalue weighted by Gasteiger charge is 2.57. The van der Waals surface area contributed by atoms with E-state index in [9.17, 15) is 9.59 Å². The molecule has 3 aliphatic rings. The van der Waals surface area contributed by atoms with E-state index in [0.717, 1.165) is 69.7 Å². The van der Waals surface area contributed by atoms with Gasteiger partial charge in [-0.25, -0.2) is 0 Å². The average Bonchev–Trinajstić information content (AvgIpc) is 3.36. The Kier molecular flexibility index (Phi) is 5.96. The first kappa shape index (κ1) is 20.0. The quantitative estimate of drug-likeness (QED) is 0.734. The van der Waals surface area contributed by atoms with Gasteiger partial charge in [0.1, 0.15) is 0 Å². The second-order valence-corrected chi connectivity index (χ2v) is 8.00. The summed E-state index contributed by atoms with van der Waals surface area (Å²) < 4.78 is 0. The number of amides is 2. The van der Waals surface area contributed by atoms with Gasteiger partial charge < -0.3 is 21.3 Å². The van der Waals surface area contributed by atoms with Gasteiger partial charge in [0.25, 0.3) is 0 Å². The molecule has 1 spiro atoms. The minimum Gasteiger partial charge on any atom is -0.370 e. The first-order valence-electron chi connectivity index (χ1n) is 9.79. The van der Waals surface area contributed by atoms with Crippen molar-refractivity contribution in [2.75, 3.05) is 36.4 Å². The molecule has 27 heavy (non-hydrogen) atoms. The summed E-state index contributed by atoms with van der Waals surface area (Å²) in [7, 11) is 0. The highest BCUT2D eigenvalue weighted by molar-refractivity contribution is 6.01. The second kappa shape index (κ2) is 8.07. The Hall–Kier alpha value is -1.79. The molecule has 2 amide bonds. The van der Waals surface area contributed by atoms with Crippen LogP contribution >= 0.6 is 12.4 Å². The molecule has 2 aliphatic heterocycles. The zero-order valence-corrected chi connectivity index (χ0v) is 16.4. The Morgan fingerprint density at radius 1 is 1.15 bits per heavy atom. The first-order valence-corrected chi connectivity index (χ1v) is 9.79. The Morgan fingerprint density at radius 2 is 1.85 bits per heavy atom. The van der Waals surface area contributed by atoms with Crippen molar-refractivity contribution >= 4 is 35.6 Å². The average molecular weight is 393 g/mol. The summed E-state index contributed by atoms with van der Waals surface area (Å²) in [5.74, 6) is -0.283. The number of nitrogens with zero attached hydrogens (tertiary/aromatic N) is 1. The van der Waals surface area contributed by atoms with Crippen LogP contribution in [-0.2, 0) is 4.79 Å². The maximum atomic E-state index is 12.9. The summed E-state index contributed by atoms with van der Waals surface area (Å²) in [5.41, 5.74) is 7.82. The van der Waals surface area contributed by atoms with Crippen molar-refractivity contribution in [2.24, 2.45) is 17.1 Å². The SMILES string of the molecule is Cl.NC(=O)c1ccc(N2CCCCC2)c(NC(=O)C2CC23CCNCC3)c1. The van der Waals surface area contributed by atoms with E-state index in [0.29, 0.717) is 5.56 Å². The summed E-state index contributed by atoms with van der Waals surface area (Å²) in [4.78, 5) is 26.8. The van der Waals surface area contributed by atoms with E-state index < -0.39 is 5.91 Å². The summed E-state index contributed by atoms with van der Waals surface area (Å²) >= 11 is 0. The Morgan fingerprint density at radius 3 is 2.52 bits per heavy atom. The molecule has 3 fully saturated rings. The summed E-state index contributed by atoms with van der Waals surface area (Å²) in [6, 6.07) is 5.42. The number of hydrogen-bond acceptors (Lipinski definition) is 4. The van der Waals surface area contributed by atoms with Crippen LogP contribution in [0.2, 0.25) is 0 Å². The number of carbonyl (C=O) groups excluding carboxylic acids is 2. The Balaban J connectivity index is 0.00000210. The number of hydrogen-bond donors (Lipinski definition) is 3. The molecule has 1 aromatic rings. The zero-order chi connectivity index (χ0) is 18.1. The van der Waals surface area contributed by atoms with Gasteiger partial charge >= 0.3 is 0 Å². The molecule has 1 aliphatic carbocycles. The number of primary amides is 1. The zero-order valence-electron chi connectivity index (χ0n) is 15.6. The molecule has 6 nitrogen and oxygen atoms in total. The molecule has 0 aromatic heterocycles. The third-order valence-corrected chi connectivity index (χ3v) is 6.34. The van der Waals surface area contributed by atoms with Crippen LogP contribution < -0.4 is 21.3 Å². The van der Waals surface area contributed by atoms with Gasteiger partial charge in [0, 0.05) is 24.6 Å². The number of anilines is 2. The normalized spacial score (nSPS) is 23.4. The number of nitrogens with two attached hydrogens (primary N) is 1. The van der Waals surface area contributed by atoms with E-state index in [1.807, 2.05) is 6.07 Å². The number of rotatable bonds is 4. The van der Waals surface area contributed by atoms with Gasteiger partial charge in [-0.15, -0.1) is 12.4 Å². The molecular weight excluding hydrogens is 364 g/mol. The fraction of sp³-hybridized carbons (Fsp3) is 0.600. The Bertz CT molecular complexity index is 712. The van der Waals surface area contributed by atoms with Gasteiger partial charge in [0.2, 0.25) is 11.8 Å². The van der Waals surface area contributed by atoms with Crippen molar-refractivity contribution in [3.05, 3.63) is 23.8 Å². The van der Waals surface area contributed by atoms with Crippen LogP contribution in [0, 0.1) is 11.3 Å². The lowest BCUT2D eigenvalue weighted by Crippen LogP contribution is -2.32. The minimum atomic E-state index is -0.466. The molecule has 4 rings (SSSR count). The van der Waals surface area contributed by atoms with Crippen LogP contribution in [0.3, 0.4) is 0 Å². The molecule has 1 saturated carbocycles. The monoisotopic (exact) mass is 392 g/mol. The lowest BCUT2D eigenvalue weighted by Gasteiger charge is -2.31. The van der Waals surface area contributed by atoms with Gasteiger partial charge in [-0.1, -0.05) is 0 Å². The number of piperidine rings is 2. The summed E-state index contributed by atoms with van der Waals surface area (Å²) in [5, 5.41) is 6.50. The molecular formula is C20H29ClN4O2. The van der Waals surface area contributed by atoms with Gasteiger partial charge in [-0.2, -0.15) is 0 Å². The van der Waals surface area contributed by atoms with Gasteiger partial charge in [-0.05, 0) is 75.2 Å². The number of benzene rings is 1. The predicted molar refractivity (Wildman–Crippen MR) is 110 cm³/mol. The third-order valence-electron chi connectivity index (χ3n) is 6.34. The highest BCUT2D eigenvalue weighted by atomic mass is 35.5. The van der Waals surface area contributed by atoms with E-state index in [1.165, 1.54) is 6.42 Å². The molecule has 0 bridgehead atoms. The molecule has 4 N–H and O–H groups in total. The van der Waals surface area contributed by atoms with Gasteiger partial charge in [-0.3, -0.25) is 9.59 Å². The maximum Gasteiger partial charge on any atom is 0.248 e. The summed E-state index contributed by atoms with van der Waals surface area (Å²) in [6.07, 6.45) is 6.69. The molecule has 1 aromatic carbocycles. The van der Waals surface area contributed by atoms with Crippen LogP contribution in [0.5, 0.6) is 0 Å². The molecule has 2 heterocycles. The van der Waals surface area contributed by atoms with Crippen molar-refractivity contribution in [1.29, 1.82) is 0 Å². The predicted octanol–water partition coefficient (Wildman–Crippen LogP) is 2.53. The molecule has 148 valence electrons. The highest BCUT2D eigenvalue weighted by Crippen LogP contribution is 2.58. The topological polar surface area (TPSA) is 87.5 Å². The standard InChI is InChI=1S/C20H28N4O2.ClH/c21-18(25)14-4-5-17(24-10-2-1-3-11-24)16(12-14)23-19(26)15-13-20(15)6-8-22-9-7-20;/h4-5,12,15,22H,1-3,6-11,13H2,(H2,21,25)(H,23,26);1H. The van der Waals surface area contributed by atoms with Crippen LogP contribution in [0.15, 0.2) is 18.2 Å². The van der Waals surface area contributed by atoms with E-state index in [1.54, 1.807) is 12.1 Å². The maximum absolute atomic E-state index is 12.9. The second-order valence-electron chi connectivity index (χ2n) is 8.00. The number of halogens is 1. The number of carbonyl (C=O) groups is 2. The lowest BCUT2D eigenvalue weighted by molar-refractivity contribution is -0.118. The van der Waals surface area contributed by atoms with Gasteiger partial charge in [0.05, 0.1) is 11.4 Å². The van der Waals surface area contributed by atoms with Crippen LogP contribution in [0.4, 0.5) is 11.4 Å². The van der Waals surface area contributed by atoms with E-state index in [-0.39, 0.29) is 29.6 Å². The van der Waals surface area contributed by atoms with E-state index in [4.69, 9.17) is 5.73 Å². The smallest absolute Gasteiger partial charge is 0.248 e. The fourth-order valence-corrected chi connectivity index (χ4v) is 4.62. The Labute approximate surface area is 166 Å². The van der Waals surface area contributed by atoms with Crippen molar-refractivity contribution in [3.63, 3.8) is 0 Å². The molecule has 1 atom stereocenters. The van der Waals surface area contributed by atoms with E-state index >= 15 is 0 Å². The van der Waals surface area contributed by atoms with Crippen molar-refractivity contribution < 1.29 is 9.59 Å². The fourth-order valence-electron chi connectivity index (χ4n) is 4.62. The van der Waals surface area contributed by atoms with Crippen LogP contribution in [0.25, 0.3) is 0 Å². The lowest BCUT2D eigenvalue weighted by atomic mass is 9.91. The molecule has 1 unspecified atom stereocenters. The number of nitrogens with one attached hydrogen (secondary N) is 2. The third kappa shape index (κ3) is 4.06. The van der Waals surface area contributed by atoms with E-state index in [2.05, 4.69) is 15.5 Å². The molecule has 0 radical (unpaired) electrons. The van der Waals surface area contributed by atoms with Gasteiger partial charge in [0.15, 0.2) is 0 Å². The first-order chi connectivity index (χ1) is 12.6. The molecule has 7 heteroatoms.